The summed E-state index contributed by atoms with van der Waals surface area (Å²) in [6.07, 6.45) is 0.957. The van der Waals surface area contributed by atoms with Crippen molar-refractivity contribution in [3.05, 3.63) is 52.5 Å². The molecular formula is C17H20BrNO2. The van der Waals surface area contributed by atoms with E-state index >= 15 is 0 Å². The van der Waals surface area contributed by atoms with Gasteiger partial charge in [0.05, 0.1) is 24.7 Å². The van der Waals surface area contributed by atoms with E-state index in [0.717, 1.165) is 33.6 Å². The van der Waals surface area contributed by atoms with Gasteiger partial charge >= 0.3 is 0 Å². The summed E-state index contributed by atoms with van der Waals surface area (Å²) >= 11 is 3.47. The summed E-state index contributed by atoms with van der Waals surface area (Å²) in [4.78, 5) is 0. The summed E-state index contributed by atoms with van der Waals surface area (Å²) in [7, 11) is 3.37. The predicted octanol–water partition coefficient (Wildman–Crippen LogP) is 5.03. The van der Waals surface area contributed by atoms with Gasteiger partial charge in [-0.1, -0.05) is 25.1 Å². The quantitative estimate of drug-likeness (QED) is 0.793. The molecule has 0 aliphatic carbocycles. The first-order valence-corrected chi connectivity index (χ1v) is 7.71. The minimum atomic E-state index is 0.187. The molecule has 1 N–H and O–H groups in total. The summed E-state index contributed by atoms with van der Waals surface area (Å²) in [5.41, 5.74) is 2.18. The van der Waals surface area contributed by atoms with Gasteiger partial charge in [0.1, 0.15) is 11.5 Å². The first kappa shape index (κ1) is 15.7. The van der Waals surface area contributed by atoms with E-state index in [4.69, 9.17) is 9.47 Å². The average molecular weight is 350 g/mol. The van der Waals surface area contributed by atoms with Gasteiger partial charge in [0.2, 0.25) is 0 Å². The second-order valence-corrected chi connectivity index (χ2v) is 5.55. The van der Waals surface area contributed by atoms with Crippen molar-refractivity contribution >= 4 is 21.6 Å². The molecule has 2 rings (SSSR count). The number of anilines is 1. The highest BCUT2D eigenvalue weighted by Crippen LogP contribution is 2.33. The highest BCUT2D eigenvalue weighted by Gasteiger charge is 2.14. The van der Waals surface area contributed by atoms with Crippen molar-refractivity contribution < 1.29 is 9.47 Å². The third kappa shape index (κ3) is 3.70. The third-order valence-corrected chi connectivity index (χ3v) is 4.07. The van der Waals surface area contributed by atoms with E-state index in [2.05, 4.69) is 34.2 Å². The number of hydrogen-bond donors (Lipinski definition) is 1. The molecule has 1 unspecified atom stereocenters. The number of ether oxygens (including phenoxy) is 2. The van der Waals surface area contributed by atoms with Crippen LogP contribution in [0.4, 0.5) is 5.69 Å². The Hall–Kier alpha value is -1.68. The fourth-order valence-corrected chi connectivity index (χ4v) is 2.71. The first-order chi connectivity index (χ1) is 10.2. The Morgan fingerprint density at radius 1 is 1.05 bits per heavy atom. The summed E-state index contributed by atoms with van der Waals surface area (Å²) in [5, 5.41) is 3.54. The molecule has 0 aliphatic rings. The van der Waals surface area contributed by atoms with Crippen molar-refractivity contribution in [2.45, 2.75) is 19.4 Å². The van der Waals surface area contributed by atoms with E-state index in [1.807, 2.05) is 36.4 Å². The van der Waals surface area contributed by atoms with Crippen molar-refractivity contribution in [2.75, 3.05) is 19.5 Å². The van der Waals surface area contributed by atoms with Gasteiger partial charge in [0.15, 0.2) is 0 Å². The second kappa shape index (κ2) is 7.36. The molecule has 0 bridgehead atoms. The maximum Gasteiger partial charge on any atom is 0.135 e. The lowest BCUT2D eigenvalue weighted by Crippen LogP contribution is -2.11. The molecule has 0 aromatic heterocycles. The molecule has 0 spiro atoms. The maximum atomic E-state index is 5.46. The topological polar surface area (TPSA) is 30.5 Å². The second-order valence-electron chi connectivity index (χ2n) is 4.70. The summed E-state index contributed by atoms with van der Waals surface area (Å²) < 4.78 is 11.7. The van der Waals surface area contributed by atoms with Crippen LogP contribution in [0, 0.1) is 0 Å². The number of methoxy groups -OCH3 is 2. The molecule has 2 aromatic rings. The summed E-state index contributed by atoms with van der Waals surface area (Å²) in [5.74, 6) is 1.72. The van der Waals surface area contributed by atoms with E-state index in [9.17, 15) is 0 Å². The highest BCUT2D eigenvalue weighted by atomic mass is 79.9. The molecule has 3 nitrogen and oxygen atoms in total. The fraction of sp³-hybridized carbons (Fsp3) is 0.294. The maximum absolute atomic E-state index is 5.46. The van der Waals surface area contributed by atoms with Crippen LogP contribution >= 0.6 is 15.9 Å². The van der Waals surface area contributed by atoms with Gasteiger partial charge in [-0.05, 0) is 40.5 Å². The molecule has 0 aliphatic heterocycles. The average Bonchev–Trinajstić information content (AvgIpc) is 2.54. The molecule has 0 radical (unpaired) electrons. The highest BCUT2D eigenvalue weighted by molar-refractivity contribution is 9.10. The van der Waals surface area contributed by atoms with Crippen molar-refractivity contribution in [1.82, 2.24) is 0 Å². The van der Waals surface area contributed by atoms with Crippen LogP contribution in [0.1, 0.15) is 24.9 Å². The van der Waals surface area contributed by atoms with E-state index in [-0.39, 0.29) is 6.04 Å². The monoisotopic (exact) mass is 349 g/mol. The summed E-state index contributed by atoms with van der Waals surface area (Å²) in [6, 6.07) is 14.3. The van der Waals surface area contributed by atoms with Crippen LogP contribution in [0.3, 0.4) is 0 Å². The van der Waals surface area contributed by atoms with Crippen LogP contribution < -0.4 is 14.8 Å². The molecule has 0 fully saturated rings. The van der Waals surface area contributed by atoms with E-state index in [0.29, 0.717) is 0 Å². The molecule has 1 atom stereocenters. The lowest BCUT2D eigenvalue weighted by molar-refractivity contribution is 0.406. The molecule has 0 saturated heterocycles. The number of hydrogen-bond acceptors (Lipinski definition) is 3. The summed E-state index contributed by atoms with van der Waals surface area (Å²) in [6.45, 7) is 2.15. The Balaban J connectivity index is 2.27. The zero-order chi connectivity index (χ0) is 15.2. The number of para-hydroxylation sites is 1. The Morgan fingerprint density at radius 2 is 1.76 bits per heavy atom. The number of halogens is 1. The largest absolute Gasteiger partial charge is 0.496 e. The van der Waals surface area contributed by atoms with Crippen LogP contribution in [-0.2, 0) is 0 Å². The normalized spacial score (nSPS) is 11.8. The Labute approximate surface area is 134 Å². The fourth-order valence-electron chi connectivity index (χ4n) is 2.30. The third-order valence-electron chi connectivity index (χ3n) is 3.41. The number of benzene rings is 2. The minimum absolute atomic E-state index is 0.187. The van der Waals surface area contributed by atoms with E-state index in [1.54, 1.807) is 14.2 Å². The Bertz CT molecular complexity index is 601. The van der Waals surface area contributed by atoms with Crippen LogP contribution in [0.2, 0.25) is 0 Å². The van der Waals surface area contributed by atoms with Gasteiger partial charge < -0.3 is 14.8 Å². The van der Waals surface area contributed by atoms with Crippen LogP contribution in [0.15, 0.2) is 46.9 Å². The lowest BCUT2D eigenvalue weighted by atomic mass is 10.0. The van der Waals surface area contributed by atoms with Crippen molar-refractivity contribution in [3.63, 3.8) is 0 Å². The zero-order valence-electron chi connectivity index (χ0n) is 12.5. The minimum Gasteiger partial charge on any atom is -0.496 e. The van der Waals surface area contributed by atoms with Gasteiger partial charge in [-0.15, -0.1) is 0 Å². The molecule has 112 valence electrons. The van der Waals surface area contributed by atoms with Gasteiger partial charge in [-0.25, -0.2) is 0 Å². The molecular weight excluding hydrogens is 330 g/mol. The Morgan fingerprint density at radius 3 is 2.43 bits per heavy atom. The van der Waals surface area contributed by atoms with E-state index < -0.39 is 0 Å². The van der Waals surface area contributed by atoms with Gasteiger partial charge in [0.25, 0.3) is 0 Å². The van der Waals surface area contributed by atoms with Crippen molar-refractivity contribution in [3.8, 4) is 11.5 Å². The molecule has 0 amide bonds. The Kier molecular flexibility index (Phi) is 5.51. The first-order valence-electron chi connectivity index (χ1n) is 6.92. The number of rotatable bonds is 6. The van der Waals surface area contributed by atoms with Gasteiger partial charge in [0, 0.05) is 17.3 Å². The van der Waals surface area contributed by atoms with Crippen LogP contribution in [-0.4, -0.2) is 14.2 Å². The predicted molar refractivity (Wildman–Crippen MR) is 90.3 cm³/mol. The van der Waals surface area contributed by atoms with Crippen LogP contribution in [0.5, 0.6) is 11.5 Å². The molecule has 0 heterocycles. The standard InChI is InChI=1S/C17H20BrNO2/c1-4-15(13-7-5-6-8-16(13)20-2)19-12-9-10-14(18)17(11-12)21-3/h5-11,15,19H,4H2,1-3H3. The van der Waals surface area contributed by atoms with Crippen molar-refractivity contribution in [1.29, 1.82) is 0 Å². The molecule has 2 aromatic carbocycles. The van der Waals surface area contributed by atoms with Crippen LogP contribution in [0.25, 0.3) is 0 Å². The zero-order valence-corrected chi connectivity index (χ0v) is 14.1. The molecule has 4 heteroatoms. The smallest absolute Gasteiger partial charge is 0.135 e. The molecule has 0 saturated carbocycles. The number of nitrogens with one attached hydrogen (secondary N) is 1. The SMILES string of the molecule is CCC(Nc1ccc(Br)c(OC)c1)c1ccccc1OC. The molecule has 21 heavy (non-hydrogen) atoms. The van der Waals surface area contributed by atoms with Gasteiger partial charge in [-0.2, -0.15) is 0 Å². The lowest BCUT2D eigenvalue weighted by Gasteiger charge is -2.21. The van der Waals surface area contributed by atoms with Gasteiger partial charge in [-0.3, -0.25) is 0 Å². The van der Waals surface area contributed by atoms with E-state index in [1.165, 1.54) is 0 Å². The van der Waals surface area contributed by atoms with Crippen molar-refractivity contribution in [2.24, 2.45) is 0 Å².